The summed E-state index contributed by atoms with van der Waals surface area (Å²) in [5, 5.41) is 0. The lowest BCUT2D eigenvalue weighted by Crippen LogP contribution is -2.23. The summed E-state index contributed by atoms with van der Waals surface area (Å²) in [5.74, 6) is 1.74. The van der Waals surface area contributed by atoms with Crippen LogP contribution in [-0.4, -0.2) is 16.6 Å². The van der Waals surface area contributed by atoms with E-state index in [1.54, 1.807) is 7.11 Å². The molecule has 0 atom stereocenters. The first-order valence-electron chi connectivity index (χ1n) is 14.0. The lowest BCUT2D eigenvalue weighted by molar-refractivity contribution is 0.343. The molecule has 0 spiro atoms. The number of benzene rings is 1. The number of aryl methyl sites for hydroxylation is 1. The predicted molar refractivity (Wildman–Crippen MR) is 149 cm³/mol. The first-order valence-corrected chi connectivity index (χ1v) is 14.0. The van der Waals surface area contributed by atoms with E-state index in [1.807, 2.05) is 0 Å². The smallest absolute Gasteiger partial charge is 0.118 e. The van der Waals surface area contributed by atoms with E-state index < -0.39 is 0 Å². The molecule has 0 aliphatic heterocycles. The van der Waals surface area contributed by atoms with Crippen molar-refractivity contribution in [2.45, 2.75) is 104 Å². The Balaban J connectivity index is 1.73. The van der Waals surface area contributed by atoms with Gasteiger partial charge < -0.3 is 14.2 Å². The molecule has 3 nitrogen and oxygen atoms in total. The fourth-order valence-corrected chi connectivity index (χ4v) is 5.82. The summed E-state index contributed by atoms with van der Waals surface area (Å²) in [6.45, 7) is 14.9. The summed E-state index contributed by atoms with van der Waals surface area (Å²) < 4.78 is 8.08. The van der Waals surface area contributed by atoms with Crippen molar-refractivity contribution in [2.75, 3.05) is 7.11 Å². The number of ether oxygens (including phenoxy) is 1. The average molecular weight is 475 g/mol. The first kappa shape index (κ1) is 25.7. The number of rotatable bonds is 11. The molecule has 0 amide bonds. The van der Waals surface area contributed by atoms with Gasteiger partial charge in [-0.3, -0.25) is 0 Å². The van der Waals surface area contributed by atoms with Crippen molar-refractivity contribution in [2.24, 2.45) is 5.92 Å². The highest BCUT2D eigenvalue weighted by molar-refractivity contribution is 5.67. The highest BCUT2D eigenvalue weighted by atomic mass is 16.5. The molecule has 0 bridgehead atoms. The van der Waals surface area contributed by atoms with E-state index in [-0.39, 0.29) is 0 Å². The summed E-state index contributed by atoms with van der Waals surface area (Å²) in [5.41, 5.74) is 9.63. The standard InChI is InChI=1S/C32H46N2O/c1-7-23(3)32(20-26-14-15-26)33(22-27-16-18-30(35-6)19-17-27)24(4)31-21-28(8-2)34(25(31)5)29-12-10-9-11-13-29/h16-19,21,26,29H,4,7-15,20,22H2,1-3,5-6H3/b32-23-. The molecule has 1 aromatic heterocycles. The molecule has 0 radical (unpaired) electrons. The third-order valence-corrected chi connectivity index (χ3v) is 8.34. The fourth-order valence-electron chi connectivity index (χ4n) is 5.82. The normalized spacial score (nSPS) is 17.3. The maximum absolute atomic E-state index is 5.41. The molecule has 0 N–H and O–H groups in total. The van der Waals surface area contributed by atoms with Crippen molar-refractivity contribution in [1.29, 1.82) is 0 Å². The first-order chi connectivity index (χ1) is 17.0. The zero-order valence-corrected chi connectivity index (χ0v) is 22.8. The van der Waals surface area contributed by atoms with Crippen molar-refractivity contribution in [3.63, 3.8) is 0 Å². The number of hydrogen-bond donors (Lipinski definition) is 0. The maximum atomic E-state index is 5.41. The van der Waals surface area contributed by atoms with Gasteiger partial charge in [0.15, 0.2) is 0 Å². The molecule has 1 heterocycles. The Labute approximate surface area is 213 Å². The molecule has 0 saturated heterocycles. The van der Waals surface area contributed by atoms with Crippen molar-refractivity contribution in [3.05, 3.63) is 70.7 Å². The molecule has 2 aromatic rings. The molecule has 3 heteroatoms. The quantitative estimate of drug-likeness (QED) is 0.324. The maximum Gasteiger partial charge on any atom is 0.118 e. The Hall–Kier alpha value is -2.42. The van der Waals surface area contributed by atoms with Gasteiger partial charge >= 0.3 is 0 Å². The predicted octanol–water partition coefficient (Wildman–Crippen LogP) is 8.83. The van der Waals surface area contributed by atoms with E-state index >= 15 is 0 Å². The van der Waals surface area contributed by atoms with E-state index in [2.05, 4.69) is 67.5 Å². The minimum Gasteiger partial charge on any atom is -0.497 e. The zero-order valence-electron chi connectivity index (χ0n) is 22.8. The van der Waals surface area contributed by atoms with E-state index in [1.165, 1.54) is 78.7 Å². The van der Waals surface area contributed by atoms with Crippen LogP contribution in [0.5, 0.6) is 5.75 Å². The second-order valence-electron chi connectivity index (χ2n) is 10.8. The molecule has 35 heavy (non-hydrogen) atoms. The number of aromatic nitrogens is 1. The van der Waals surface area contributed by atoms with Gasteiger partial charge in [0.05, 0.1) is 7.11 Å². The van der Waals surface area contributed by atoms with Crippen LogP contribution in [-0.2, 0) is 13.0 Å². The van der Waals surface area contributed by atoms with Gasteiger partial charge in [0, 0.05) is 40.9 Å². The van der Waals surface area contributed by atoms with Crippen LogP contribution < -0.4 is 4.74 Å². The van der Waals surface area contributed by atoms with Crippen LogP contribution in [0.2, 0.25) is 0 Å². The number of hydrogen-bond acceptors (Lipinski definition) is 2. The highest BCUT2D eigenvalue weighted by Gasteiger charge is 2.29. The molecule has 2 saturated carbocycles. The topological polar surface area (TPSA) is 17.4 Å². The fraction of sp³-hybridized carbons (Fsp3) is 0.562. The Kier molecular flexibility index (Phi) is 8.46. The van der Waals surface area contributed by atoms with Crippen molar-refractivity contribution in [1.82, 2.24) is 9.47 Å². The Morgan fingerprint density at radius 3 is 2.31 bits per heavy atom. The average Bonchev–Trinajstić information content (AvgIpc) is 3.66. The van der Waals surface area contributed by atoms with Gasteiger partial charge in [0.25, 0.3) is 0 Å². The third kappa shape index (κ3) is 5.88. The van der Waals surface area contributed by atoms with E-state index in [0.29, 0.717) is 6.04 Å². The molecule has 190 valence electrons. The zero-order chi connectivity index (χ0) is 24.9. The monoisotopic (exact) mass is 474 g/mol. The Morgan fingerprint density at radius 2 is 1.74 bits per heavy atom. The van der Waals surface area contributed by atoms with Gasteiger partial charge in [0.2, 0.25) is 0 Å². The number of nitrogens with zero attached hydrogens (tertiary/aromatic N) is 2. The van der Waals surface area contributed by atoms with Crippen LogP contribution in [0.4, 0.5) is 0 Å². The lowest BCUT2D eigenvalue weighted by Gasteiger charge is -2.32. The molecule has 2 fully saturated rings. The summed E-state index contributed by atoms with van der Waals surface area (Å²) >= 11 is 0. The summed E-state index contributed by atoms with van der Waals surface area (Å²) in [4.78, 5) is 2.55. The molecule has 2 aliphatic carbocycles. The largest absolute Gasteiger partial charge is 0.497 e. The third-order valence-electron chi connectivity index (χ3n) is 8.34. The van der Waals surface area contributed by atoms with Crippen LogP contribution >= 0.6 is 0 Å². The van der Waals surface area contributed by atoms with Gasteiger partial charge in [-0.15, -0.1) is 0 Å². The van der Waals surface area contributed by atoms with Crippen LogP contribution in [0.15, 0.2) is 48.2 Å². The van der Waals surface area contributed by atoms with Crippen LogP contribution in [0.1, 0.15) is 107 Å². The van der Waals surface area contributed by atoms with Gasteiger partial charge in [-0.2, -0.15) is 0 Å². The number of methoxy groups -OCH3 is 1. The Bertz CT molecular complexity index is 1030. The SMILES string of the molecule is C=C(c1cc(CC)n(C2CCCCC2)c1C)N(Cc1ccc(OC)cc1)/C(CC1CC1)=C(/C)CC. The minimum absolute atomic E-state index is 0.647. The van der Waals surface area contributed by atoms with Gasteiger partial charge in [-0.25, -0.2) is 0 Å². The highest BCUT2D eigenvalue weighted by Crippen LogP contribution is 2.41. The summed E-state index contributed by atoms with van der Waals surface area (Å²) in [6.07, 6.45) is 12.8. The van der Waals surface area contributed by atoms with Crippen LogP contribution in [0, 0.1) is 12.8 Å². The van der Waals surface area contributed by atoms with Gasteiger partial charge in [-0.1, -0.05) is 57.4 Å². The molecule has 1 aromatic carbocycles. The Morgan fingerprint density at radius 1 is 1.06 bits per heavy atom. The van der Waals surface area contributed by atoms with E-state index in [0.717, 1.165) is 43.2 Å². The van der Waals surface area contributed by atoms with Gasteiger partial charge in [0.1, 0.15) is 5.75 Å². The van der Waals surface area contributed by atoms with Crippen molar-refractivity contribution in [3.8, 4) is 5.75 Å². The molecule has 0 unspecified atom stereocenters. The summed E-state index contributed by atoms with van der Waals surface area (Å²) in [7, 11) is 1.73. The van der Waals surface area contributed by atoms with Crippen molar-refractivity contribution < 1.29 is 4.74 Å². The second-order valence-corrected chi connectivity index (χ2v) is 10.8. The number of allylic oxidation sites excluding steroid dienone is 2. The van der Waals surface area contributed by atoms with Crippen LogP contribution in [0.3, 0.4) is 0 Å². The summed E-state index contributed by atoms with van der Waals surface area (Å²) in [6, 6.07) is 11.7. The lowest BCUT2D eigenvalue weighted by atomic mass is 9.95. The molecular weight excluding hydrogens is 428 g/mol. The minimum atomic E-state index is 0.647. The van der Waals surface area contributed by atoms with E-state index in [9.17, 15) is 0 Å². The van der Waals surface area contributed by atoms with Gasteiger partial charge in [-0.05, 0) is 88.5 Å². The van der Waals surface area contributed by atoms with Crippen molar-refractivity contribution >= 4 is 5.70 Å². The molecular formula is C32H46N2O. The molecule has 4 rings (SSSR count). The molecule has 2 aliphatic rings. The van der Waals surface area contributed by atoms with E-state index in [4.69, 9.17) is 11.3 Å². The second kappa shape index (κ2) is 11.5. The van der Waals surface area contributed by atoms with Crippen LogP contribution in [0.25, 0.3) is 5.70 Å².